The van der Waals surface area contributed by atoms with Crippen molar-refractivity contribution in [2.75, 3.05) is 11.5 Å². The summed E-state index contributed by atoms with van der Waals surface area (Å²) in [5, 5.41) is 0.829. The maximum absolute atomic E-state index is 5.81. The molecule has 3 aromatic rings. The Morgan fingerprint density at radius 2 is 1.83 bits per heavy atom. The van der Waals surface area contributed by atoms with E-state index in [1.165, 1.54) is 6.20 Å². The van der Waals surface area contributed by atoms with Crippen molar-refractivity contribution in [2.24, 2.45) is 0 Å². The van der Waals surface area contributed by atoms with Gasteiger partial charge in [-0.3, -0.25) is 4.98 Å². The first-order chi connectivity index (χ1) is 11.0. The topological polar surface area (TPSA) is 113 Å². The highest BCUT2D eigenvalue weighted by Gasteiger charge is 2.14. The smallest absolute Gasteiger partial charge is 0.323 e. The molecular formula is C15H15N6OP. The summed E-state index contributed by atoms with van der Waals surface area (Å²) in [4.78, 5) is 16.5. The van der Waals surface area contributed by atoms with Gasteiger partial charge in [-0.25, -0.2) is 9.97 Å². The summed E-state index contributed by atoms with van der Waals surface area (Å²) in [7, 11) is 2.66. The fraction of sp³-hybridized carbons (Fsp3) is 0.0667. The number of aryl methyl sites for hydroxylation is 1. The highest BCUT2D eigenvalue weighted by atomic mass is 31.0. The van der Waals surface area contributed by atoms with Gasteiger partial charge in [0.2, 0.25) is 0 Å². The lowest BCUT2D eigenvalue weighted by Gasteiger charge is -2.13. The van der Waals surface area contributed by atoms with E-state index in [2.05, 4.69) is 29.2 Å². The second-order valence-electron chi connectivity index (χ2n) is 4.87. The fourth-order valence-electron chi connectivity index (χ4n) is 2.04. The van der Waals surface area contributed by atoms with E-state index in [-0.39, 0.29) is 6.01 Å². The van der Waals surface area contributed by atoms with E-state index >= 15 is 0 Å². The molecule has 0 radical (unpaired) electrons. The van der Waals surface area contributed by atoms with E-state index in [4.69, 9.17) is 16.2 Å². The van der Waals surface area contributed by atoms with Gasteiger partial charge >= 0.3 is 6.01 Å². The number of aromatic nitrogens is 4. The van der Waals surface area contributed by atoms with Crippen molar-refractivity contribution in [3.8, 4) is 23.0 Å². The molecule has 4 N–H and O–H groups in total. The summed E-state index contributed by atoms with van der Waals surface area (Å²) in [6.45, 7) is 1.94. The summed E-state index contributed by atoms with van der Waals surface area (Å²) >= 11 is 0. The minimum atomic E-state index is 0.192. The molecule has 8 heteroatoms. The van der Waals surface area contributed by atoms with Crippen LogP contribution in [0, 0.1) is 6.92 Å². The Kier molecular flexibility index (Phi) is 4.04. The number of ether oxygens (including phenoxy) is 1. The Hall–Kier alpha value is -2.79. The predicted octanol–water partition coefficient (Wildman–Crippen LogP) is 1.70. The third kappa shape index (κ3) is 3.19. The van der Waals surface area contributed by atoms with Crippen LogP contribution in [0.4, 0.5) is 11.6 Å². The molecule has 1 atom stereocenters. The molecule has 0 amide bonds. The van der Waals surface area contributed by atoms with Gasteiger partial charge in [0.05, 0.1) is 18.1 Å². The zero-order valence-electron chi connectivity index (χ0n) is 12.4. The Bertz CT molecular complexity index is 853. The number of hydrogen-bond acceptors (Lipinski definition) is 7. The van der Waals surface area contributed by atoms with Gasteiger partial charge in [-0.1, -0.05) is 12.1 Å². The van der Waals surface area contributed by atoms with E-state index in [0.29, 0.717) is 23.1 Å². The molecule has 0 aliphatic rings. The number of anilines is 2. The van der Waals surface area contributed by atoms with Gasteiger partial charge in [-0.2, -0.15) is 4.98 Å². The summed E-state index contributed by atoms with van der Waals surface area (Å²) in [6, 6.07) is 5.67. The maximum Gasteiger partial charge on any atom is 0.323 e. The molecule has 0 spiro atoms. The van der Waals surface area contributed by atoms with E-state index in [1.807, 2.05) is 19.1 Å². The molecule has 0 aliphatic heterocycles. The van der Waals surface area contributed by atoms with Crippen LogP contribution in [-0.2, 0) is 0 Å². The minimum absolute atomic E-state index is 0.192. The lowest BCUT2D eigenvalue weighted by Crippen LogP contribution is -2.07. The van der Waals surface area contributed by atoms with Crippen LogP contribution in [0.1, 0.15) is 5.56 Å². The fourth-order valence-corrected chi connectivity index (χ4v) is 2.57. The second-order valence-corrected chi connectivity index (χ2v) is 5.44. The summed E-state index contributed by atoms with van der Waals surface area (Å²) in [5.41, 5.74) is 13.7. The number of nitrogens with zero attached hydrogens (tertiary/aromatic N) is 4. The quantitative estimate of drug-likeness (QED) is 0.704. The molecule has 23 heavy (non-hydrogen) atoms. The third-order valence-electron chi connectivity index (χ3n) is 3.19. The maximum atomic E-state index is 5.81. The molecule has 2 heterocycles. The van der Waals surface area contributed by atoms with Crippen LogP contribution in [0.25, 0.3) is 11.3 Å². The van der Waals surface area contributed by atoms with Crippen molar-refractivity contribution in [1.29, 1.82) is 0 Å². The third-order valence-corrected chi connectivity index (χ3v) is 3.76. The van der Waals surface area contributed by atoms with Crippen LogP contribution in [0.5, 0.6) is 11.8 Å². The Balaban J connectivity index is 2.03. The molecule has 0 bridgehead atoms. The molecule has 0 aliphatic carbocycles. The van der Waals surface area contributed by atoms with Crippen molar-refractivity contribution >= 4 is 26.2 Å². The minimum Gasteiger partial charge on any atom is -0.423 e. The lowest BCUT2D eigenvalue weighted by atomic mass is 10.1. The zero-order valence-corrected chi connectivity index (χ0v) is 13.5. The number of nitrogens with two attached hydrogens (primary N) is 2. The van der Waals surface area contributed by atoms with Crippen LogP contribution in [0.15, 0.2) is 36.8 Å². The van der Waals surface area contributed by atoms with Gasteiger partial charge in [-0.15, -0.1) is 9.24 Å². The van der Waals surface area contributed by atoms with E-state index < -0.39 is 0 Å². The summed E-state index contributed by atoms with van der Waals surface area (Å²) < 4.78 is 5.81. The summed E-state index contributed by atoms with van der Waals surface area (Å²) in [5.74, 6) is 1.35. The van der Waals surface area contributed by atoms with Gasteiger partial charge < -0.3 is 16.2 Å². The predicted molar refractivity (Wildman–Crippen MR) is 92.5 cm³/mol. The van der Waals surface area contributed by atoms with Crippen molar-refractivity contribution in [2.45, 2.75) is 6.92 Å². The van der Waals surface area contributed by atoms with E-state index in [1.54, 1.807) is 18.5 Å². The normalized spacial score (nSPS) is 10.5. The average molecular weight is 326 g/mol. The molecule has 1 aromatic carbocycles. The zero-order chi connectivity index (χ0) is 16.4. The second kappa shape index (κ2) is 6.14. The van der Waals surface area contributed by atoms with Crippen LogP contribution in [-0.4, -0.2) is 19.9 Å². The number of rotatable bonds is 3. The first-order valence-electron chi connectivity index (χ1n) is 6.78. The standard InChI is InChI=1S/C15H15N6OP/c1-8-2-3-9(10-6-20-12(17)7-19-10)14(23)13(8)22-15-18-5-4-11(16)21-15/h2-7H,23H2,1H3,(H2,17,20)(H2,16,18,21). The number of nitrogen functional groups attached to an aromatic ring is 2. The first-order valence-corrected chi connectivity index (χ1v) is 7.35. The van der Waals surface area contributed by atoms with E-state index in [0.717, 1.165) is 16.4 Å². The highest BCUT2D eigenvalue weighted by Crippen LogP contribution is 2.28. The van der Waals surface area contributed by atoms with Crippen LogP contribution >= 0.6 is 9.24 Å². The average Bonchev–Trinajstić information content (AvgIpc) is 2.53. The molecule has 2 aromatic heterocycles. The van der Waals surface area contributed by atoms with Gasteiger partial charge in [-0.05, 0) is 18.6 Å². The van der Waals surface area contributed by atoms with Crippen molar-refractivity contribution in [3.05, 3.63) is 42.4 Å². The van der Waals surface area contributed by atoms with Gasteiger partial charge in [0.25, 0.3) is 0 Å². The van der Waals surface area contributed by atoms with Gasteiger partial charge in [0.1, 0.15) is 17.4 Å². The van der Waals surface area contributed by atoms with Crippen LogP contribution in [0.3, 0.4) is 0 Å². The van der Waals surface area contributed by atoms with Crippen LogP contribution < -0.4 is 21.5 Å². The SMILES string of the molecule is Cc1ccc(-c2cnc(N)cn2)c(P)c1Oc1nccc(N)n1. The van der Waals surface area contributed by atoms with Gasteiger partial charge in [0.15, 0.2) is 0 Å². The molecule has 0 fully saturated rings. The first kappa shape index (κ1) is 15.1. The monoisotopic (exact) mass is 326 g/mol. The lowest BCUT2D eigenvalue weighted by molar-refractivity contribution is 0.443. The molecule has 116 valence electrons. The summed E-state index contributed by atoms with van der Waals surface area (Å²) in [6.07, 6.45) is 4.68. The molecular weight excluding hydrogens is 311 g/mol. The molecule has 0 saturated heterocycles. The Morgan fingerprint density at radius 3 is 2.52 bits per heavy atom. The Morgan fingerprint density at radius 1 is 1.00 bits per heavy atom. The van der Waals surface area contributed by atoms with Gasteiger partial charge in [0, 0.05) is 17.1 Å². The largest absolute Gasteiger partial charge is 0.423 e. The molecule has 7 nitrogen and oxygen atoms in total. The molecule has 3 rings (SSSR count). The van der Waals surface area contributed by atoms with E-state index in [9.17, 15) is 0 Å². The number of hydrogen-bond donors (Lipinski definition) is 2. The van der Waals surface area contributed by atoms with Crippen molar-refractivity contribution < 1.29 is 4.74 Å². The highest BCUT2D eigenvalue weighted by molar-refractivity contribution is 7.28. The number of benzene rings is 1. The van der Waals surface area contributed by atoms with Crippen molar-refractivity contribution in [1.82, 2.24) is 19.9 Å². The Labute approximate surface area is 135 Å². The van der Waals surface area contributed by atoms with Crippen molar-refractivity contribution in [3.63, 3.8) is 0 Å². The molecule has 0 saturated carbocycles. The molecule has 1 unspecified atom stereocenters. The van der Waals surface area contributed by atoms with Crippen LogP contribution in [0.2, 0.25) is 0 Å².